The molecule has 8 nitrogen and oxygen atoms in total. The Balaban J connectivity index is 1.11. The van der Waals surface area contributed by atoms with Crippen LogP contribution in [0.5, 0.6) is 0 Å². The lowest BCUT2D eigenvalue weighted by molar-refractivity contribution is 0.0949. The number of hydrogen-bond acceptors (Lipinski definition) is 6. The normalized spacial score (nSPS) is 15.1. The highest BCUT2D eigenvalue weighted by Gasteiger charge is 2.24. The van der Waals surface area contributed by atoms with Crippen molar-refractivity contribution in [3.05, 3.63) is 125 Å². The van der Waals surface area contributed by atoms with Crippen LogP contribution in [0.25, 0.3) is 11.0 Å². The highest BCUT2D eigenvalue weighted by Crippen LogP contribution is 2.31. The van der Waals surface area contributed by atoms with E-state index >= 15 is 0 Å². The molecule has 5 aromatic rings. The second-order valence-electron chi connectivity index (χ2n) is 13.2. The Bertz CT molecular complexity index is 1910. The maximum absolute atomic E-state index is 13.7. The minimum Gasteiger partial charge on any atom is -0.397 e. The number of aromatic nitrogens is 2. The van der Waals surface area contributed by atoms with Gasteiger partial charge in [-0.3, -0.25) is 14.7 Å². The molecule has 4 N–H and O–H groups in total. The molecule has 1 amide bonds. The minimum atomic E-state index is -0.245. The molecule has 1 unspecified atom stereocenters. The summed E-state index contributed by atoms with van der Waals surface area (Å²) in [6, 6.07) is 29.1. The molecule has 1 aromatic heterocycles. The fraction of sp³-hybridized carbons (Fsp3) is 0.341. The Morgan fingerprint density at radius 1 is 1.00 bits per heavy atom. The van der Waals surface area contributed by atoms with Crippen LogP contribution < -0.4 is 11.1 Å². The van der Waals surface area contributed by atoms with Crippen LogP contribution in [-0.4, -0.2) is 70.7 Å². The van der Waals surface area contributed by atoms with Crippen molar-refractivity contribution in [3.63, 3.8) is 0 Å². The van der Waals surface area contributed by atoms with Gasteiger partial charge < -0.3 is 20.9 Å². The first-order valence-electron chi connectivity index (χ1n) is 17.8. The topological polar surface area (TPSA) is 103 Å². The molecule has 1 fully saturated rings. The summed E-state index contributed by atoms with van der Waals surface area (Å²) >= 11 is 0. The number of piperidine rings is 1. The number of carbonyl (C=O) groups excluding carboxylic acids is 1. The SMILES string of the molecule is CCN(CC)CCNC(=O)c1ccc(N=C(c2ccccc2)C(C)c2ccc(CN3CCC(c4nc5ccc(F)cc5[nH]4)CC3)cc2)c(N)c1. The second kappa shape index (κ2) is 16.2. The number of halogens is 1. The third-order valence-corrected chi connectivity index (χ3v) is 9.94. The van der Waals surface area contributed by atoms with Crippen LogP contribution in [0.4, 0.5) is 15.8 Å². The number of anilines is 1. The zero-order chi connectivity index (χ0) is 35.0. The summed E-state index contributed by atoms with van der Waals surface area (Å²) < 4.78 is 13.7. The fourth-order valence-electron chi connectivity index (χ4n) is 6.80. The van der Waals surface area contributed by atoms with Crippen LogP contribution >= 0.6 is 0 Å². The van der Waals surface area contributed by atoms with Crippen molar-refractivity contribution in [3.8, 4) is 0 Å². The molecule has 1 saturated heterocycles. The predicted octanol–water partition coefficient (Wildman–Crippen LogP) is 7.66. The molecule has 9 heteroatoms. The van der Waals surface area contributed by atoms with Crippen LogP contribution in [-0.2, 0) is 6.54 Å². The van der Waals surface area contributed by atoms with E-state index in [1.54, 1.807) is 18.2 Å². The molecule has 0 saturated carbocycles. The van der Waals surface area contributed by atoms with E-state index in [1.165, 1.54) is 23.3 Å². The summed E-state index contributed by atoms with van der Waals surface area (Å²) in [6.45, 7) is 12.6. The van der Waals surface area contributed by atoms with E-state index in [0.717, 1.165) is 80.2 Å². The summed E-state index contributed by atoms with van der Waals surface area (Å²) in [5.74, 6) is 0.936. The summed E-state index contributed by atoms with van der Waals surface area (Å²) in [5, 5.41) is 3.01. The molecular formula is C41H48FN7O. The van der Waals surface area contributed by atoms with E-state index in [1.807, 2.05) is 24.3 Å². The van der Waals surface area contributed by atoms with Gasteiger partial charge in [-0.2, -0.15) is 0 Å². The number of aromatic amines is 1. The summed E-state index contributed by atoms with van der Waals surface area (Å²) in [5.41, 5.74) is 14.1. The predicted molar refractivity (Wildman–Crippen MR) is 202 cm³/mol. The monoisotopic (exact) mass is 673 g/mol. The Morgan fingerprint density at radius 2 is 1.74 bits per heavy atom. The van der Waals surface area contributed by atoms with Crippen LogP contribution in [0, 0.1) is 5.82 Å². The van der Waals surface area contributed by atoms with Crippen LogP contribution in [0.1, 0.15) is 78.3 Å². The first kappa shape index (κ1) is 35.0. The zero-order valence-electron chi connectivity index (χ0n) is 29.3. The molecule has 6 rings (SSSR count). The number of H-pyrrole nitrogens is 1. The van der Waals surface area contributed by atoms with Gasteiger partial charge in [0.25, 0.3) is 5.91 Å². The van der Waals surface area contributed by atoms with Crippen LogP contribution in [0.3, 0.4) is 0 Å². The van der Waals surface area contributed by atoms with Crippen molar-refractivity contribution in [2.75, 3.05) is 45.0 Å². The highest BCUT2D eigenvalue weighted by molar-refractivity contribution is 6.07. The summed E-state index contributed by atoms with van der Waals surface area (Å²) in [4.78, 5) is 30.8. The quantitative estimate of drug-likeness (QED) is 0.0880. The van der Waals surface area contributed by atoms with Crippen molar-refractivity contribution in [1.82, 2.24) is 25.1 Å². The van der Waals surface area contributed by atoms with Gasteiger partial charge in [0, 0.05) is 37.0 Å². The number of fused-ring (bicyclic) bond motifs is 1. The third kappa shape index (κ3) is 8.46. The summed E-state index contributed by atoms with van der Waals surface area (Å²) in [7, 11) is 0. The average Bonchev–Trinajstić information content (AvgIpc) is 3.57. The maximum Gasteiger partial charge on any atom is 0.251 e. The fourth-order valence-corrected chi connectivity index (χ4v) is 6.80. The number of benzene rings is 4. The van der Waals surface area contributed by atoms with Gasteiger partial charge in [-0.15, -0.1) is 0 Å². The Kier molecular flexibility index (Phi) is 11.4. The molecule has 50 heavy (non-hydrogen) atoms. The number of nitrogens with zero attached hydrogens (tertiary/aromatic N) is 4. The van der Waals surface area contributed by atoms with Gasteiger partial charge in [-0.25, -0.2) is 9.37 Å². The number of carbonyl (C=O) groups is 1. The first-order chi connectivity index (χ1) is 24.3. The lowest BCUT2D eigenvalue weighted by Gasteiger charge is -2.31. The van der Waals surface area contributed by atoms with Crippen molar-refractivity contribution in [2.45, 2.75) is 52.0 Å². The third-order valence-electron chi connectivity index (χ3n) is 9.94. The molecular weight excluding hydrogens is 625 g/mol. The van der Waals surface area contributed by atoms with Gasteiger partial charge in [0.15, 0.2) is 0 Å². The van der Waals surface area contributed by atoms with E-state index in [4.69, 9.17) is 15.7 Å². The number of imidazole rings is 1. The lowest BCUT2D eigenvalue weighted by Crippen LogP contribution is -2.34. The molecule has 2 heterocycles. The number of nitrogen functional groups attached to an aromatic ring is 1. The van der Waals surface area contributed by atoms with E-state index in [2.05, 4.69) is 77.3 Å². The van der Waals surface area contributed by atoms with E-state index < -0.39 is 0 Å². The van der Waals surface area contributed by atoms with Crippen molar-refractivity contribution < 1.29 is 9.18 Å². The van der Waals surface area contributed by atoms with Crippen molar-refractivity contribution in [2.24, 2.45) is 4.99 Å². The second-order valence-corrected chi connectivity index (χ2v) is 13.2. The highest BCUT2D eigenvalue weighted by atomic mass is 19.1. The number of hydrogen-bond donors (Lipinski definition) is 3. The number of nitrogens with one attached hydrogen (secondary N) is 2. The lowest BCUT2D eigenvalue weighted by atomic mass is 9.90. The molecule has 0 bridgehead atoms. The molecule has 0 aliphatic carbocycles. The van der Waals surface area contributed by atoms with Crippen LogP contribution in [0.15, 0.2) is 96.0 Å². The van der Waals surface area contributed by atoms with Gasteiger partial charge in [0.05, 0.1) is 28.1 Å². The smallest absolute Gasteiger partial charge is 0.251 e. The van der Waals surface area contributed by atoms with Crippen molar-refractivity contribution in [1.29, 1.82) is 0 Å². The van der Waals surface area contributed by atoms with E-state index in [0.29, 0.717) is 29.4 Å². The van der Waals surface area contributed by atoms with Gasteiger partial charge in [0.1, 0.15) is 11.6 Å². The number of likely N-dealkylation sites (tertiary alicyclic amines) is 1. The molecule has 260 valence electrons. The Hall–Kier alpha value is -4.86. The largest absolute Gasteiger partial charge is 0.397 e. The van der Waals surface area contributed by atoms with Gasteiger partial charge in [-0.1, -0.05) is 75.4 Å². The van der Waals surface area contributed by atoms with Gasteiger partial charge in [0.2, 0.25) is 0 Å². The van der Waals surface area contributed by atoms with Gasteiger partial charge >= 0.3 is 0 Å². The Labute approximate surface area is 294 Å². The molecule has 1 aliphatic rings. The van der Waals surface area contributed by atoms with Crippen molar-refractivity contribution >= 4 is 34.0 Å². The number of rotatable bonds is 13. The Morgan fingerprint density at radius 3 is 2.44 bits per heavy atom. The standard InChI is InChI=1S/C41H48FN7O/c1-4-48(5-2)24-21-44-41(50)33-15-17-36(35(43)25-33)45-39(31-9-7-6-8-10-31)28(3)30-13-11-29(12-14-30)27-49-22-19-32(20-23-49)40-46-37-18-16-34(42)26-38(37)47-40/h6-18,25-26,28,32H,4-5,19-24,27,43H2,1-3H3,(H,44,50)(H,46,47). The number of amides is 1. The van der Waals surface area contributed by atoms with E-state index in [9.17, 15) is 9.18 Å². The van der Waals surface area contributed by atoms with E-state index in [-0.39, 0.29) is 17.6 Å². The molecule has 1 atom stereocenters. The number of nitrogens with two attached hydrogens (primary N) is 1. The average molecular weight is 674 g/mol. The van der Waals surface area contributed by atoms with Crippen LogP contribution in [0.2, 0.25) is 0 Å². The molecule has 1 aliphatic heterocycles. The summed E-state index contributed by atoms with van der Waals surface area (Å²) in [6.07, 6.45) is 2.03. The molecule has 0 spiro atoms. The maximum atomic E-state index is 13.7. The zero-order valence-corrected chi connectivity index (χ0v) is 29.3. The number of aliphatic imine (C=N–C) groups is 1. The molecule has 4 aromatic carbocycles. The first-order valence-corrected chi connectivity index (χ1v) is 17.8. The van der Waals surface area contributed by atoms with Gasteiger partial charge in [-0.05, 0) is 92.1 Å². The molecule has 0 radical (unpaired) electrons. The number of likely N-dealkylation sites (N-methyl/N-ethyl adjacent to an activating group) is 1. The minimum absolute atomic E-state index is 0.00179.